The topological polar surface area (TPSA) is 65.1 Å². The standard InChI is InChI=1S/C18H14Cl2N2O2/c19-9-4-6-14-12(8-9)16(20)17(21-14)18(24)22-13-7-5-11-10(13)2-1-3-15(11)23/h1-4,6,8,13,21,23H,5,7H2,(H,22,24). The second kappa shape index (κ2) is 5.72. The minimum Gasteiger partial charge on any atom is -0.508 e. The normalized spacial score (nSPS) is 16.3. The summed E-state index contributed by atoms with van der Waals surface area (Å²) in [4.78, 5) is 15.7. The number of hydrogen-bond donors (Lipinski definition) is 3. The molecular weight excluding hydrogens is 347 g/mol. The van der Waals surface area contributed by atoms with Gasteiger partial charge in [0.05, 0.1) is 11.1 Å². The smallest absolute Gasteiger partial charge is 0.269 e. The summed E-state index contributed by atoms with van der Waals surface area (Å²) in [6.07, 6.45) is 1.49. The van der Waals surface area contributed by atoms with Crippen LogP contribution in [-0.4, -0.2) is 16.0 Å². The molecule has 1 atom stereocenters. The van der Waals surface area contributed by atoms with E-state index in [1.54, 1.807) is 30.3 Å². The molecular formula is C18H14Cl2N2O2. The number of rotatable bonds is 2. The van der Waals surface area contributed by atoms with Crippen molar-refractivity contribution in [2.75, 3.05) is 0 Å². The minimum atomic E-state index is -0.270. The van der Waals surface area contributed by atoms with Gasteiger partial charge in [-0.2, -0.15) is 0 Å². The summed E-state index contributed by atoms with van der Waals surface area (Å²) in [6.45, 7) is 0. The third-order valence-corrected chi connectivity index (χ3v) is 5.10. The average molecular weight is 361 g/mol. The number of aromatic nitrogens is 1. The molecule has 3 aromatic rings. The molecule has 0 spiro atoms. The van der Waals surface area contributed by atoms with Crippen molar-refractivity contribution in [3.05, 3.63) is 63.3 Å². The number of halogens is 2. The first-order valence-electron chi connectivity index (χ1n) is 7.63. The van der Waals surface area contributed by atoms with Crippen LogP contribution >= 0.6 is 23.2 Å². The highest BCUT2D eigenvalue weighted by Crippen LogP contribution is 2.37. The maximum absolute atomic E-state index is 12.6. The van der Waals surface area contributed by atoms with Crippen molar-refractivity contribution in [1.29, 1.82) is 0 Å². The maximum Gasteiger partial charge on any atom is 0.269 e. The Kier molecular flexibility index (Phi) is 3.66. The van der Waals surface area contributed by atoms with Gasteiger partial charge in [-0.15, -0.1) is 0 Å². The van der Waals surface area contributed by atoms with Crippen LogP contribution in [0.25, 0.3) is 10.9 Å². The third kappa shape index (κ3) is 2.43. The van der Waals surface area contributed by atoms with E-state index < -0.39 is 0 Å². The lowest BCUT2D eigenvalue weighted by Gasteiger charge is -2.14. The van der Waals surface area contributed by atoms with E-state index in [-0.39, 0.29) is 17.7 Å². The van der Waals surface area contributed by atoms with E-state index in [0.717, 1.165) is 34.9 Å². The van der Waals surface area contributed by atoms with E-state index in [4.69, 9.17) is 23.2 Å². The number of amides is 1. The molecule has 1 heterocycles. The Bertz CT molecular complexity index is 965. The van der Waals surface area contributed by atoms with Crippen LogP contribution in [0.1, 0.15) is 34.1 Å². The number of H-pyrrole nitrogens is 1. The Hall–Kier alpha value is -2.17. The zero-order valence-electron chi connectivity index (χ0n) is 12.6. The molecule has 122 valence electrons. The van der Waals surface area contributed by atoms with Crippen LogP contribution in [0.4, 0.5) is 0 Å². The number of fused-ring (bicyclic) bond motifs is 2. The van der Waals surface area contributed by atoms with Gasteiger partial charge in [-0.05, 0) is 48.2 Å². The number of aromatic hydroxyl groups is 1. The Morgan fingerprint density at radius 3 is 2.92 bits per heavy atom. The van der Waals surface area contributed by atoms with Crippen LogP contribution < -0.4 is 5.32 Å². The lowest BCUT2D eigenvalue weighted by molar-refractivity contribution is 0.0932. The van der Waals surface area contributed by atoms with Crippen LogP contribution in [0, 0.1) is 0 Å². The predicted octanol–water partition coefficient (Wildman–Crippen LogP) is 4.60. The molecule has 6 heteroatoms. The summed E-state index contributed by atoms with van der Waals surface area (Å²) in [5, 5.41) is 14.6. The van der Waals surface area contributed by atoms with Gasteiger partial charge in [-0.1, -0.05) is 35.3 Å². The van der Waals surface area contributed by atoms with E-state index >= 15 is 0 Å². The van der Waals surface area contributed by atoms with Crippen molar-refractivity contribution in [1.82, 2.24) is 10.3 Å². The largest absolute Gasteiger partial charge is 0.508 e. The van der Waals surface area contributed by atoms with Gasteiger partial charge < -0.3 is 15.4 Å². The molecule has 0 aliphatic heterocycles. The molecule has 0 fully saturated rings. The van der Waals surface area contributed by atoms with Gasteiger partial charge in [0.1, 0.15) is 11.4 Å². The number of phenols is 1. The number of hydrogen-bond acceptors (Lipinski definition) is 2. The molecule has 0 radical (unpaired) electrons. The molecule has 2 aromatic carbocycles. The summed E-state index contributed by atoms with van der Waals surface area (Å²) in [7, 11) is 0. The Morgan fingerprint density at radius 1 is 1.25 bits per heavy atom. The summed E-state index contributed by atoms with van der Waals surface area (Å²) in [6, 6.07) is 10.5. The lowest BCUT2D eigenvalue weighted by atomic mass is 10.1. The Balaban J connectivity index is 1.65. The molecule has 3 N–H and O–H groups in total. The van der Waals surface area contributed by atoms with Gasteiger partial charge in [0, 0.05) is 15.9 Å². The van der Waals surface area contributed by atoms with Gasteiger partial charge in [0.15, 0.2) is 0 Å². The van der Waals surface area contributed by atoms with Crippen LogP contribution in [0.2, 0.25) is 10.0 Å². The summed E-state index contributed by atoms with van der Waals surface area (Å²) >= 11 is 12.3. The molecule has 0 saturated heterocycles. The molecule has 1 aliphatic rings. The SMILES string of the molecule is O=C(NC1CCc2c(O)cccc21)c1[nH]c2ccc(Cl)cc2c1Cl. The van der Waals surface area contributed by atoms with E-state index in [1.807, 2.05) is 6.07 Å². The Morgan fingerprint density at radius 2 is 2.08 bits per heavy atom. The van der Waals surface area contributed by atoms with Crippen molar-refractivity contribution >= 4 is 40.0 Å². The van der Waals surface area contributed by atoms with Crippen molar-refractivity contribution in [2.24, 2.45) is 0 Å². The summed E-state index contributed by atoms with van der Waals surface area (Å²) in [5.41, 5.74) is 2.94. The monoisotopic (exact) mass is 360 g/mol. The molecule has 24 heavy (non-hydrogen) atoms. The fraction of sp³-hybridized carbons (Fsp3) is 0.167. The number of aromatic amines is 1. The number of nitrogens with one attached hydrogen (secondary N) is 2. The number of phenolic OH excluding ortho intramolecular Hbond substituents is 1. The highest BCUT2D eigenvalue weighted by molar-refractivity contribution is 6.39. The zero-order valence-corrected chi connectivity index (χ0v) is 14.1. The highest BCUT2D eigenvalue weighted by atomic mass is 35.5. The number of benzene rings is 2. The molecule has 1 unspecified atom stereocenters. The number of carbonyl (C=O) groups is 1. The van der Waals surface area contributed by atoms with Gasteiger partial charge >= 0.3 is 0 Å². The molecule has 1 aromatic heterocycles. The molecule has 0 bridgehead atoms. The molecule has 1 amide bonds. The molecule has 1 aliphatic carbocycles. The Labute approximate surface area is 148 Å². The first-order chi connectivity index (χ1) is 11.5. The first-order valence-corrected chi connectivity index (χ1v) is 8.38. The fourth-order valence-electron chi connectivity index (χ4n) is 3.30. The lowest BCUT2D eigenvalue weighted by Crippen LogP contribution is -2.27. The third-order valence-electron chi connectivity index (χ3n) is 4.48. The second-order valence-corrected chi connectivity index (χ2v) is 6.73. The summed E-state index contributed by atoms with van der Waals surface area (Å²) in [5.74, 6) is 0.0102. The number of carbonyl (C=O) groups excluding carboxylic acids is 1. The summed E-state index contributed by atoms with van der Waals surface area (Å²) < 4.78 is 0. The minimum absolute atomic E-state index is 0.134. The van der Waals surface area contributed by atoms with Crippen LogP contribution in [0.3, 0.4) is 0 Å². The van der Waals surface area contributed by atoms with Crippen molar-refractivity contribution in [3.63, 3.8) is 0 Å². The van der Waals surface area contributed by atoms with Crippen molar-refractivity contribution in [2.45, 2.75) is 18.9 Å². The van der Waals surface area contributed by atoms with E-state index in [9.17, 15) is 9.90 Å². The van der Waals surface area contributed by atoms with Crippen molar-refractivity contribution < 1.29 is 9.90 Å². The highest BCUT2D eigenvalue weighted by Gasteiger charge is 2.27. The first kappa shape index (κ1) is 15.4. The van der Waals surface area contributed by atoms with Crippen LogP contribution in [-0.2, 0) is 6.42 Å². The van der Waals surface area contributed by atoms with Crippen LogP contribution in [0.5, 0.6) is 5.75 Å². The zero-order chi connectivity index (χ0) is 16.8. The van der Waals surface area contributed by atoms with E-state index in [1.165, 1.54) is 0 Å². The molecule has 4 rings (SSSR count). The van der Waals surface area contributed by atoms with Crippen LogP contribution in [0.15, 0.2) is 36.4 Å². The fourth-order valence-corrected chi connectivity index (χ4v) is 3.76. The molecule has 4 nitrogen and oxygen atoms in total. The maximum atomic E-state index is 12.6. The van der Waals surface area contributed by atoms with Gasteiger partial charge in [0.25, 0.3) is 5.91 Å². The van der Waals surface area contributed by atoms with Gasteiger partial charge in [-0.3, -0.25) is 4.79 Å². The van der Waals surface area contributed by atoms with Gasteiger partial charge in [-0.25, -0.2) is 0 Å². The van der Waals surface area contributed by atoms with E-state index in [0.29, 0.717) is 15.7 Å². The van der Waals surface area contributed by atoms with Crippen molar-refractivity contribution in [3.8, 4) is 5.75 Å². The molecule has 0 saturated carbocycles. The predicted molar refractivity (Wildman–Crippen MR) is 95.0 cm³/mol. The van der Waals surface area contributed by atoms with Gasteiger partial charge in [0.2, 0.25) is 0 Å². The quantitative estimate of drug-likeness (QED) is 0.625. The van der Waals surface area contributed by atoms with E-state index in [2.05, 4.69) is 10.3 Å². The average Bonchev–Trinajstić information content (AvgIpc) is 3.11. The second-order valence-electron chi connectivity index (χ2n) is 5.91.